The normalized spacial score (nSPS) is 16.4. The molecule has 1 heterocycles. The van der Waals surface area contributed by atoms with Crippen LogP contribution in [0.2, 0.25) is 5.02 Å². The third kappa shape index (κ3) is 4.63. The van der Waals surface area contributed by atoms with E-state index in [1.165, 1.54) is 23.9 Å². The molecule has 1 aliphatic heterocycles. The fourth-order valence-electron chi connectivity index (χ4n) is 2.50. The second kappa shape index (κ2) is 7.92. The van der Waals surface area contributed by atoms with Gasteiger partial charge in [-0.3, -0.25) is 9.59 Å². The van der Waals surface area contributed by atoms with Crippen molar-refractivity contribution in [2.45, 2.75) is 28.4 Å². The van der Waals surface area contributed by atoms with E-state index >= 15 is 0 Å². The van der Waals surface area contributed by atoms with E-state index in [0.717, 1.165) is 4.90 Å². The Morgan fingerprint density at radius 3 is 2.74 bits per heavy atom. The van der Waals surface area contributed by atoms with Crippen LogP contribution in [0.4, 0.5) is 11.4 Å². The molecule has 27 heavy (non-hydrogen) atoms. The van der Waals surface area contributed by atoms with Gasteiger partial charge < -0.3 is 10.6 Å². The monoisotopic (exact) mass is 424 g/mol. The molecule has 0 saturated heterocycles. The number of carbonyl (C=O) groups is 2. The Balaban J connectivity index is 1.68. The number of amides is 2. The molecule has 1 aliphatic rings. The van der Waals surface area contributed by atoms with Gasteiger partial charge in [-0.05, 0) is 37.3 Å². The Bertz CT molecular complexity index is 1010. The van der Waals surface area contributed by atoms with E-state index in [1.54, 1.807) is 37.3 Å². The van der Waals surface area contributed by atoms with E-state index in [9.17, 15) is 18.0 Å². The van der Waals surface area contributed by atoms with Gasteiger partial charge in [0.25, 0.3) is 0 Å². The van der Waals surface area contributed by atoms with Gasteiger partial charge in [0.1, 0.15) is 0 Å². The van der Waals surface area contributed by atoms with Crippen molar-refractivity contribution in [3.8, 4) is 0 Å². The number of nitrogens with one attached hydrogen (secondary N) is 2. The van der Waals surface area contributed by atoms with E-state index in [2.05, 4.69) is 10.6 Å². The van der Waals surface area contributed by atoms with Crippen LogP contribution in [-0.4, -0.2) is 31.2 Å². The highest BCUT2D eigenvalue weighted by molar-refractivity contribution is 8.01. The molecule has 9 heteroatoms. The van der Waals surface area contributed by atoms with Crippen LogP contribution >= 0.6 is 23.4 Å². The summed E-state index contributed by atoms with van der Waals surface area (Å²) in [5.41, 5.74) is 0.911. The Morgan fingerprint density at radius 1 is 1.26 bits per heavy atom. The average Bonchev–Trinajstić information content (AvgIpc) is 2.62. The zero-order chi connectivity index (χ0) is 19.6. The number of para-hydroxylation sites is 1. The smallest absolute Gasteiger partial charge is 0.237 e. The molecule has 2 aromatic rings. The van der Waals surface area contributed by atoms with E-state index in [0.29, 0.717) is 16.4 Å². The van der Waals surface area contributed by atoms with Crippen LogP contribution in [0.25, 0.3) is 0 Å². The fourth-order valence-corrected chi connectivity index (χ4v) is 4.88. The molecule has 2 amide bonds. The molecule has 0 saturated carbocycles. The topological polar surface area (TPSA) is 92.3 Å². The number of halogens is 1. The van der Waals surface area contributed by atoms with Gasteiger partial charge in [0.05, 0.1) is 32.3 Å². The van der Waals surface area contributed by atoms with Crippen molar-refractivity contribution in [1.82, 2.24) is 0 Å². The van der Waals surface area contributed by atoms with Gasteiger partial charge in [-0.25, -0.2) is 8.42 Å². The number of carbonyl (C=O) groups excluding carboxylic acids is 2. The third-order valence-electron chi connectivity index (χ3n) is 3.99. The lowest BCUT2D eigenvalue weighted by Gasteiger charge is -2.21. The van der Waals surface area contributed by atoms with Crippen LogP contribution in [0.3, 0.4) is 0 Å². The van der Waals surface area contributed by atoms with E-state index in [1.807, 2.05) is 0 Å². The average molecular weight is 425 g/mol. The number of thioether (sulfide) groups is 1. The van der Waals surface area contributed by atoms with Crippen molar-refractivity contribution in [2.24, 2.45) is 0 Å². The number of hydrogen-bond acceptors (Lipinski definition) is 5. The Labute approximate surface area is 166 Å². The Kier molecular flexibility index (Phi) is 5.78. The first-order chi connectivity index (χ1) is 12.8. The van der Waals surface area contributed by atoms with Gasteiger partial charge in [0, 0.05) is 11.3 Å². The molecule has 2 aromatic carbocycles. The van der Waals surface area contributed by atoms with Crippen LogP contribution in [-0.2, 0) is 19.4 Å². The van der Waals surface area contributed by atoms with Crippen molar-refractivity contribution in [2.75, 3.05) is 16.4 Å². The molecule has 0 unspecified atom stereocenters. The van der Waals surface area contributed by atoms with Crippen molar-refractivity contribution in [3.63, 3.8) is 0 Å². The second-order valence-electron chi connectivity index (χ2n) is 6.00. The van der Waals surface area contributed by atoms with Crippen LogP contribution in [0.1, 0.15) is 13.3 Å². The lowest BCUT2D eigenvalue weighted by atomic mass is 10.3. The molecule has 0 spiro atoms. The minimum atomic E-state index is -3.68. The molecule has 3 rings (SSSR count). The summed E-state index contributed by atoms with van der Waals surface area (Å²) in [4.78, 5) is 24.7. The number of anilines is 2. The molecular formula is C18H17ClN2O4S2. The van der Waals surface area contributed by atoms with Crippen LogP contribution in [0, 0.1) is 0 Å². The van der Waals surface area contributed by atoms with Crippen LogP contribution < -0.4 is 10.6 Å². The summed E-state index contributed by atoms with van der Waals surface area (Å²) in [7, 11) is -3.68. The Hall–Kier alpha value is -2.03. The molecular weight excluding hydrogens is 408 g/mol. The third-order valence-corrected chi connectivity index (χ3v) is 7.21. The van der Waals surface area contributed by atoms with E-state index < -0.39 is 15.7 Å². The van der Waals surface area contributed by atoms with Gasteiger partial charge in [-0.15, -0.1) is 11.8 Å². The minimum Gasteiger partial charge on any atom is -0.325 e. The van der Waals surface area contributed by atoms with Crippen molar-refractivity contribution in [3.05, 3.63) is 47.5 Å². The summed E-state index contributed by atoms with van der Waals surface area (Å²) in [6.07, 6.45) is -0.206. The fraction of sp³-hybridized carbons (Fsp3) is 0.222. The summed E-state index contributed by atoms with van der Waals surface area (Å²) < 4.78 is 25.1. The summed E-state index contributed by atoms with van der Waals surface area (Å²) in [5, 5.41) is 5.46. The molecule has 0 fully saturated rings. The first-order valence-electron chi connectivity index (χ1n) is 8.15. The van der Waals surface area contributed by atoms with Crippen molar-refractivity contribution >= 4 is 56.4 Å². The van der Waals surface area contributed by atoms with Crippen LogP contribution in [0.15, 0.2) is 52.3 Å². The second-order valence-corrected chi connectivity index (χ2v) is 9.90. The maximum atomic E-state index is 12.6. The van der Waals surface area contributed by atoms with Gasteiger partial charge in [-0.1, -0.05) is 23.7 Å². The molecule has 0 aliphatic carbocycles. The predicted octanol–water partition coefficient (Wildman–Crippen LogP) is 3.58. The lowest BCUT2D eigenvalue weighted by molar-refractivity contribution is -0.116. The SMILES string of the molecule is C[C@H]1Sc2ccc(S(=O)(=O)CCC(=O)Nc3ccccc3Cl)cc2NC1=O. The quantitative estimate of drug-likeness (QED) is 0.765. The minimum absolute atomic E-state index is 0.0715. The molecule has 2 N–H and O–H groups in total. The molecule has 142 valence electrons. The maximum absolute atomic E-state index is 12.6. The molecule has 0 bridgehead atoms. The zero-order valence-electron chi connectivity index (χ0n) is 14.4. The highest BCUT2D eigenvalue weighted by Gasteiger charge is 2.25. The molecule has 0 aromatic heterocycles. The largest absolute Gasteiger partial charge is 0.325 e. The van der Waals surface area contributed by atoms with Crippen molar-refractivity contribution < 1.29 is 18.0 Å². The first-order valence-corrected chi connectivity index (χ1v) is 11.1. The molecule has 0 radical (unpaired) electrons. The predicted molar refractivity (Wildman–Crippen MR) is 107 cm³/mol. The lowest BCUT2D eigenvalue weighted by Crippen LogP contribution is -2.26. The maximum Gasteiger partial charge on any atom is 0.237 e. The number of benzene rings is 2. The summed E-state index contributed by atoms with van der Waals surface area (Å²) in [5.74, 6) is -0.956. The van der Waals surface area contributed by atoms with Gasteiger partial charge in [0.15, 0.2) is 9.84 Å². The summed E-state index contributed by atoms with van der Waals surface area (Å²) >= 11 is 7.35. The Morgan fingerprint density at radius 2 is 2.00 bits per heavy atom. The highest BCUT2D eigenvalue weighted by Crippen LogP contribution is 2.36. The van der Waals surface area contributed by atoms with E-state index in [-0.39, 0.29) is 28.2 Å². The summed E-state index contributed by atoms with van der Waals surface area (Å²) in [6.45, 7) is 1.78. The standard InChI is InChI=1S/C18H17ClN2O4S2/c1-11-18(23)21-15-10-12(6-7-16(15)26-11)27(24,25)9-8-17(22)20-14-5-3-2-4-13(14)19/h2-7,10-11H,8-9H2,1H3,(H,20,22)(H,21,23)/t11-/m1/s1. The number of sulfone groups is 1. The zero-order valence-corrected chi connectivity index (χ0v) is 16.7. The highest BCUT2D eigenvalue weighted by atomic mass is 35.5. The molecule has 1 atom stereocenters. The van der Waals surface area contributed by atoms with E-state index in [4.69, 9.17) is 11.6 Å². The number of rotatable bonds is 5. The van der Waals surface area contributed by atoms with Crippen molar-refractivity contribution in [1.29, 1.82) is 0 Å². The van der Waals surface area contributed by atoms with Gasteiger partial charge >= 0.3 is 0 Å². The number of fused-ring (bicyclic) bond motifs is 1. The van der Waals surface area contributed by atoms with Crippen LogP contribution in [0.5, 0.6) is 0 Å². The van der Waals surface area contributed by atoms with Gasteiger partial charge in [-0.2, -0.15) is 0 Å². The number of hydrogen-bond donors (Lipinski definition) is 2. The first kappa shape index (κ1) is 19.7. The van der Waals surface area contributed by atoms with Gasteiger partial charge in [0.2, 0.25) is 11.8 Å². The molecule has 6 nitrogen and oxygen atoms in total. The summed E-state index contributed by atoms with van der Waals surface area (Å²) in [6, 6.07) is 11.3.